The first-order valence-electron chi connectivity index (χ1n) is 6.37. The van der Waals surface area contributed by atoms with E-state index in [2.05, 4.69) is 15.9 Å². The fraction of sp³-hybridized carbons (Fsp3) is 0.250. The third-order valence-corrected chi connectivity index (χ3v) is 3.77. The van der Waals surface area contributed by atoms with E-state index in [0.717, 1.165) is 27.7 Å². The van der Waals surface area contributed by atoms with Crippen LogP contribution in [0.15, 0.2) is 46.9 Å². The highest BCUT2D eigenvalue weighted by Crippen LogP contribution is 2.31. The lowest BCUT2D eigenvalue weighted by Gasteiger charge is -2.15. The molecule has 0 aliphatic heterocycles. The van der Waals surface area contributed by atoms with Crippen molar-refractivity contribution >= 4 is 15.9 Å². The molecule has 0 saturated heterocycles. The van der Waals surface area contributed by atoms with E-state index >= 15 is 0 Å². The summed E-state index contributed by atoms with van der Waals surface area (Å²) in [6, 6.07) is 10.5. The van der Waals surface area contributed by atoms with E-state index in [-0.39, 0.29) is 6.42 Å². The molecule has 0 aliphatic rings. The van der Waals surface area contributed by atoms with Crippen molar-refractivity contribution in [2.24, 2.45) is 0 Å². The standard InChI is InChI=1S/C16H14BrF3O/c1-10-7-13(17)5-6-14(10)15(21)9-11-3-2-4-12(8-11)16(18,19)20/h2-8,15,21H,9H2,1H3. The van der Waals surface area contributed by atoms with E-state index in [4.69, 9.17) is 0 Å². The Bertz CT molecular complexity index is 638. The van der Waals surface area contributed by atoms with Gasteiger partial charge in [0.05, 0.1) is 11.7 Å². The molecule has 1 nitrogen and oxygen atoms in total. The van der Waals surface area contributed by atoms with Crippen molar-refractivity contribution < 1.29 is 18.3 Å². The minimum atomic E-state index is -4.37. The van der Waals surface area contributed by atoms with Gasteiger partial charge in [0.15, 0.2) is 0 Å². The minimum Gasteiger partial charge on any atom is -0.388 e. The number of halogens is 4. The van der Waals surface area contributed by atoms with Gasteiger partial charge in [-0.1, -0.05) is 40.2 Å². The molecule has 0 amide bonds. The summed E-state index contributed by atoms with van der Waals surface area (Å²) >= 11 is 3.34. The van der Waals surface area contributed by atoms with E-state index in [9.17, 15) is 18.3 Å². The highest BCUT2D eigenvalue weighted by Gasteiger charge is 2.30. The molecule has 0 aromatic heterocycles. The number of hydrogen-bond acceptors (Lipinski definition) is 1. The maximum absolute atomic E-state index is 12.7. The number of aryl methyl sites for hydroxylation is 1. The number of hydrogen-bond donors (Lipinski definition) is 1. The van der Waals surface area contributed by atoms with Crippen LogP contribution < -0.4 is 0 Å². The Balaban J connectivity index is 2.21. The summed E-state index contributed by atoms with van der Waals surface area (Å²) < 4.78 is 38.9. The van der Waals surface area contributed by atoms with Crippen LogP contribution in [-0.4, -0.2) is 5.11 Å². The van der Waals surface area contributed by atoms with Crippen LogP contribution in [0, 0.1) is 6.92 Å². The summed E-state index contributed by atoms with van der Waals surface area (Å²) in [4.78, 5) is 0. The zero-order valence-corrected chi connectivity index (χ0v) is 12.9. The topological polar surface area (TPSA) is 20.2 Å². The third kappa shape index (κ3) is 4.08. The molecule has 0 heterocycles. The van der Waals surface area contributed by atoms with Gasteiger partial charge in [0.25, 0.3) is 0 Å². The number of alkyl halides is 3. The Kier molecular flexibility index (Phi) is 4.74. The van der Waals surface area contributed by atoms with Gasteiger partial charge >= 0.3 is 6.18 Å². The Morgan fingerprint density at radius 3 is 2.48 bits per heavy atom. The molecular weight excluding hydrogens is 345 g/mol. The van der Waals surface area contributed by atoms with Crippen molar-refractivity contribution in [2.75, 3.05) is 0 Å². The average molecular weight is 359 g/mol. The zero-order valence-electron chi connectivity index (χ0n) is 11.3. The molecule has 5 heteroatoms. The second kappa shape index (κ2) is 6.20. The molecule has 1 unspecified atom stereocenters. The van der Waals surface area contributed by atoms with Crippen LogP contribution in [0.25, 0.3) is 0 Å². The smallest absolute Gasteiger partial charge is 0.388 e. The molecule has 0 bridgehead atoms. The van der Waals surface area contributed by atoms with E-state index in [0.29, 0.717) is 5.56 Å². The monoisotopic (exact) mass is 358 g/mol. The van der Waals surface area contributed by atoms with Gasteiger partial charge in [0.2, 0.25) is 0 Å². The number of aliphatic hydroxyl groups excluding tert-OH is 1. The number of rotatable bonds is 3. The van der Waals surface area contributed by atoms with Crippen molar-refractivity contribution in [1.29, 1.82) is 0 Å². The molecule has 112 valence electrons. The predicted molar refractivity (Wildman–Crippen MR) is 79.0 cm³/mol. The summed E-state index contributed by atoms with van der Waals surface area (Å²) in [7, 11) is 0. The minimum absolute atomic E-state index is 0.145. The molecule has 0 spiro atoms. The molecule has 0 saturated carbocycles. The first-order valence-corrected chi connectivity index (χ1v) is 7.17. The van der Waals surface area contributed by atoms with Gasteiger partial charge in [-0.25, -0.2) is 0 Å². The van der Waals surface area contributed by atoms with Crippen molar-refractivity contribution in [3.63, 3.8) is 0 Å². The maximum Gasteiger partial charge on any atom is 0.416 e. The van der Waals surface area contributed by atoms with Gasteiger partial charge in [-0.05, 0) is 41.8 Å². The molecule has 2 aromatic carbocycles. The van der Waals surface area contributed by atoms with Crippen molar-refractivity contribution in [1.82, 2.24) is 0 Å². The lowest BCUT2D eigenvalue weighted by Crippen LogP contribution is -2.08. The third-order valence-electron chi connectivity index (χ3n) is 3.27. The number of aliphatic hydroxyl groups is 1. The van der Waals surface area contributed by atoms with E-state index in [1.807, 2.05) is 13.0 Å². The highest BCUT2D eigenvalue weighted by atomic mass is 79.9. The van der Waals surface area contributed by atoms with E-state index in [1.54, 1.807) is 18.2 Å². The molecular formula is C16H14BrF3O. The second-order valence-corrected chi connectivity index (χ2v) is 5.83. The predicted octanol–water partition coefficient (Wildman–Crippen LogP) is 5.05. The fourth-order valence-electron chi connectivity index (χ4n) is 2.22. The lowest BCUT2D eigenvalue weighted by molar-refractivity contribution is -0.137. The molecule has 21 heavy (non-hydrogen) atoms. The summed E-state index contributed by atoms with van der Waals surface area (Å²) in [6.45, 7) is 1.86. The SMILES string of the molecule is Cc1cc(Br)ccc1C(O)Cc1cccc(C(F)(F)F)c1. The summed E-state index contributed by atoms with van der Waals surface area (Å²) in [6.07, 6.45) is -5.05. The van der Waals surface area contributed by atoms with Gasteiger partial charge in [-0.3, -0.25) is 0 Å². The van der Waals surface area contributed by atoms with Gasteiger partial charge in [0.1, 0.15) is 0 Å². The Morgan fingerprint density at radius 2 is 1.86 bits per heavy atom. The Hall–Kier alpha value is -1.33. The van der Waals surface area contributed by atoms with Gasteiger partial charge < -0.3 is 5.11 Å². The van der Waals surface area contributed by atoms with Crippen LogP contribution in [0.1, 0.15) is 28.4 Å². The first kappa shape index (κ1) is 16.0. The highest BCUT2D eigenvalue weighted by molar-refractivity contribution is 9.10. The van der Waals surface area contributed by atoms with Crippen LogP contribution in [0.3, 0.4) is 0 Å². The van der Waals surface area contributed by atoms with Crippen molar-refractivity contribution in [3.8, 4) is 0 Å². The Labute approximate surface area is 129 Å². The van der Waals surface area contributed by atoms with Crippen LogP contribution in [-0.2, 0) is 12.6 Å². The van der Waals surface area contributed by atoms with Crippen LogP contribution in [0.4, 0.5) is 13.2 Å². The maximum atomic E-state index is 12.7. The van der Waals surface area contributed by atoms with Crippen molar-refractivity contribution in [3.05, 3.63) is 69.2 Å². The van der Waals surface area contributed by atoms with Crippen LogP contribution >= 0.6 is 15.9 Å². The van der Waals surface area contributed by atoms with Crippen molar-refractivity contribution in [2.45, 2.75) is 25.6 Å². The average Bonchev–Trinajstić information content (AvgIpc) is 2.37. The fourth-order valence-corrected chi connectivity index (χ4v) is 2.70. The van der Waals surface area contributed by atoms with Crippen LogP contribution in [0.5, 0.6) is 0 Å². The summed E-state index contributed by atoms with van der Waals surface area (Å²) in [5, 5.41) is 10.2. The van der Waals surface area contributed by atoms with E-state index in [1.165, 1.54) is 6.07 Å². The van der Waals surface area contributed by atoms with Gasteiger partial charge in [0, 0.05) is 10.9 Å². The normalized spacial score (nSPS) is 13.2. The molecule has 0 radical (unpaired) electrons. The molecule has 1 atom stereocenters. The van der Waals surface area contributed by atoms with Crippen LogP contribution in [0.2, 0.25) is 0 Å². The summed E-state index contributed by atoms with van der Waals surface area (Å²) in [5.41, 5.74) is 1.37. The molecule has 2 aromatic rings. The zero-order chi connectivity index (χ0) is 15.6. The Morgan fingerprint density at radius 1 is 1.14 bits per heavy atom. The summed E-state index contributed by atoms with van der Waals surface area (Å²) in [5.74, 6) is 0. The van der Waals surface area contributed by atoms with Gasteiger partial charge in [-0.2, -0.15) is 13.2 Å². The molecule has 1 N–H and O–H groups in total. The van der Waals surface area contributed by atoms with E-state index < -0.39 is 17.8 Å². The van der Waals surface area contributed by atoms with Gasteiger partial charge in [-0.15, -0.1) is 0 Å². The number of benzene rings is 2. The molecule has 0 aliphatic carbocycles. The largest absolute Gasteiger partial charge is 0.416 e. The molecule has 0 fully saturated rings. The molecule has 2 rings (SSSR count). The second-order valence-electron chi connectivity index (χ2n) is 4.92. The quantitative estimate of drug-likeness (QED) is 0.813. The lowest BCUT2D eigenvalue weighted by atomic mass is 9.97. The first-order chi connectivity index (χ1) is 9.77.